The second-order valence-electron chi connectivity index (χ2n) is 4.57. The van der Waals surface area contributed by atoms with Crippen LogP contribution in [0, 0.1) is 6.92 Å². The van der Waals surface area contributed by atoms with E-state index in [2.05, 4.69) is 10.3 Å². The van der Waals surface area contributed by atoms with Crippen LogP contribution in [0.4, 0.5) is 5.69 Å². The minimum atomic E-state index is -1.10. The third-order valence-corrected chi connectivity index (χ3v) is 2.97. The van der Waals surface area contributed by atoms with Crippen LogP contribution in [0.5, 0.6) is 5.75 Å². The molecule has 1 aromatic heterocycles. The van der Waals surface area contributed by atoms with Crippen molar-refractivity contribution in [3.05, 3.63) is 47.8 Å². The van der Waals surface area contributed by atoms with E-state index >= 15 is 0 Å². The number of rotatable bonds is 5. The van der Waals surface area contributed by atoms with E-state index in [1.807, 2.05) is 6.07 Å². The summed E-state index contributed by atoms with van der Waals surface area (Å²) < 4.78 is 5.49. The van der Waals surface area contributed by atoms with Crippen molar-refractivity contribution in [1.29, 1.82) is 0 Å². The zero-order valence-electron chi connectivity index (χ0n) is 11.7. The largest absolute Gasteiger partial charge is 0.481 e. The number of aromatic amines is 1. The fourth-order valence-electron chi connectivity index (χ4n) is 1.89. The standard InChI is InChI=1S/C15H16N2O4/c1-9-13(15(19)20)12(8-16-9)17-14(18)10(2)21-11-6-4-3-5-7-11/h3-8,10,16H,1-2H3,(H,17,18)(H,19,20). The van der Waals surface area contributed by atoms with Gasteiger partial charge in [-0.25, -0.2) is 4.79 Å². The van der Waals surface area contributed by atoms with E-state index in [-0.39, 0.29) is 11.3 Å². The highest BCUT2D eigenvalue weighted by Crippen LogP contribution is 2.20. The van der Waals surface area contributed by atoms with Crippen LogP contribution in [-0.2, 0) is 4.79 Å². The average molecular weight is 288 g/mol. The molecule has 0 saturated carbocycles. The van der Waals surface area contributed by atoms with E-state index < -0.39 is 18.0 Å². The van der Waals surface area contributed by atoms with Crippen LogP contribution in [0.2, 0.25) is 0 Å². The molecule has 21 heavy (non-hydrogen) atoms. The number of para-hydroxylation sites is 1. The minimum absolute atomic E-state index is 0.0512. The van der Waals surface area contributed by atoms with Gasteiger partial charge in [-0.2, -0.15) is 0 Å². The Morgan fingerprint density at radius 1 is 1.29 bits per heavy atom. The molecular weight excluding hydrogens is 272 g/mol. The fourth-order valence-corrected chi connectivity index (χ4v) is 1.89. The van der Waals surface area contributed by atoms with Crippen LogP contribution in [0.25, 0.3) is 0 Å². The van der Waals surface area contributed by atoms with Crippen LogP contribution in [-0.4, -0.2) is 28.1 Å². The Labute approximate surface area is 121 Å². The molecule has 0 fully saturated rings. The number of aromatic nitrogens is 1. The lowest BCUT2D eigenvalue weighted by Crippen LogP contribution is -2.30. The number of hydrogen-bond donors (Lipinski definition) is 3. The first-order valence-electron chi connectivity index (χ1n) is 6.43. The summed E-state index contributed by atoms with van der Waals surface area (Å²) >= 11 is 0. The number of aromatic carboxylic acids is 1. The van der Waals surface area contributed by atoms with E-state index in [0.29, 0.717) is 11.4 Å². The second-order valence-corrected chi connectivity index (χ2v) is 4.57. The summed E-state index contributed by atoms with van der Waals surface area (Å²) in [5, 5.41) is 11.7. The van der Waals surface area contributed by atoms with Gasteiger partial charge in [0.05, 0.1) is 5.69 Å². The molecule has 0 saturated heterocycles. The Balaban J connectivity index is 2.06. The van der Waals surface area contributed by atoms with Crippen molar-refractivity contribution in [1.82, 2.24) is 4.98 Å². The molecule has 0 spiro atoms. The van der Waals surface area contributed by atoms with Gasteiger partial charge in [-0.3, -0.25) is 4.79 Å². The van der Waals surface area contributed by atoms with Crippen molar-refractivity contribution in [2.45, 2.75) is 20.0 Å². The highest BCUT2D eigenvalue weighted by atomic mass is 16.5. The zero-order chi connectivity index (χ0) is 15.4. The van der Waals surface area contributed by atoms with Crippen molar-refractivity contribution < 1.29 is 19.4 Å². The Morgan fingerprint density at radius 2 is 1.95 bits per heavy atom. The molecule has 110 valence electrons. The molecule has 1 atom stereocenters. The normalized spacial score (nSPS) is 11.7. The number of carbonyl (C=O) groups excluding carboxylic acids is 1. The van der Waals surface area contributed by atoms with E-state index in [1.54, 1.807) is 38.1 Å². The van der Waals surface area contributed by atoms with E-state index in [0.717, 1.165) is 0 Å². The molecule has 1 heterocycles. The number of nitrogens with one attached hydrogen (secondary N) is 2. The topological polar surface area (TPSA) is 91.4 Å². The van der Waals surface area contributed by atoms with Crippen molar-refractivity contribution >= 4 is 17.6 Å². The maximum atomic E-state index is 12.1. The van der Waals surface area contributed by atoms with E-state index in [4.69, 9.17) is 9.84 Å². The van der Waals surface area contributed by atoms with Crippen molar-refractivity contribution in [3.8, 4) is 5.75 Å². The van der Waals surface area contributed by atoms with Crippen LogP contribution < -0.4 is 10.1 Å². The number of carbonyl (C=O) groups is 2. The Bertz CT molecular complexity index is 649. The van der Waals surface area contributed by atoms with Gasteiger partial charge < -0.3 is 20.1 Å². The number of carboxylic acids is 1. The van der Waals surface area contributed by atoms with Gasteiger partial charge >= 0.3 is 5.97 Å². The minimum Gasteiger partial charge on any atom is -0.481 e. The first-order chi connectivity index (χ1) is 9.99. The maximum Gasteiger partial charge on any atom is 0.339 e. The molecule has 1 aromatic carbocycles. The molecule has 0 radical (unpaired) electrons. The number of ether oxygens (including phenoxy) is 1. The molecular formula is C15H16N2O4. The molecule has 0 aliphatic rings. The summed E-state index contributed by atoms with van der Waals surface area (Å²) in [6.07, 6.45) is 0.704. The predicted octanol–water partition coefficient (Wildman–Crippen LogP) is 2.43. The molecule has 0 aliphatic heterocycles. The molecule has 2 aromatic rings. The molecule has 6 nitrogen and oxygen atoms in total. The Hall–Kier alpha value is -2.76. The zero-order valence-corrected chi connectivity index (χ0v) is 11.7. The molecule has 0 aliphatic carbocycles. The summed E-state index contributed by atoms with van der Waals surface area (Å²) in [6.45, 7) is 3.23. The average Bonchev–Trinajstić information content (AvgIpc) is 2.80. The number of amides is 1. The van der Waals surface area contributed by atoms with Gasteiger partial charge in [0, 0.05) is 11.9 Å². The number of carboxylic acid groups (broad SMARTS) is 1. The van der Waals surface area contributed by atoms with Crippen LogP contribution >= 0.6 is 0 Å². The lowest BCUT2D eigenvalue weighted by molar-refractivity contribution is -0.122. The van der Waals surface area contributed by atoms with Crippen LogP contribution in [0.1, 0.15) is 23.0 Å². The summed E-state index contributed by atoms with van der Waals surface area (Å²) in [5.41, 5.74) is 0.762. The molecule has 1 amide bonds. The number of hydrogen-bond acceptors (Lipinski definition) is 3. The summed E-state index contributed by atoms with van der Waals surface area (Å²) in [5.74, 6) is -0.940. The maximum absolute atomic E-state index is 12.1. The summed E-state index contributed by atoms with van der Waals surface area (Å²) in [6, 6.07) is 8.94. The summed E-state index contributed by atoms with van der Waals surface area (Å²) in [4.78, 5) is 26.0. The van der Waals surface area contributed by atoms with Crippen LogP contribution in [0.15, 0.2) is 36.5 Å². The fraction of sp³-hybridized carbons (Fsp3) is 0.200. The van der Waals surface area contributed by atoms with Gasteiger partial charge in [-0.05, 0) is 26.0 Å². The Morgan fingerprint density at radius 3 is 2.57 bits per heavy atom. The number of aryl methyl sites for hydroxylation is 1. The highest BCUT2D eigenvalue weighted by molar-refractivity contribution is 6.02. The van der Waals surface area contributed by atoms with Gasteiger partial charge in [-0.1, -0.05) is 18.2 Å². The number of H-pyrrole nitrogens is 1. The first-order valence-corrected chi connectivity index (χ1v) is 6.43. The third kappa shape index (κ3) is 3.42. The quantitative estimate of drug-likeness (QED) is 0.788. The van der Waals surface area contributed by atoms with Gasteiger partial charge in [0.25, 0.3) is 5.91 Å². The van der Waals surface area contributed by atoms with Crippen molar-refractivity contribution in [3.63, 3.8) is 0 Å². The van der Waals surface area contributed by atoms with Crippen molar-refractivity contribution in [2.24, 2.45) is 0 Å². The van der Waals surface area contributed by atoms with Crippen LogP contribution in [0.3, 0.4) is 0 Å². The van der Waals surface area contributed by atoms with Gasteiger partial charge in [0.15, 0.2) is 6.10 Å². The van der Waals surface area contributed by atoms with Crippen molar-refractivity contribution in [2.75, 3.05) is 5.32 Å². The predicted molar refractivity (Wildman–Crippen MR) is 77.7 cm³/mol. The number of benzene rings is 1. The number of anilines is 1. The summed E-state index contributed by atoms with van der Waals surface area (Å²) in [7, 11) is 0. The SMILES string of the molecule is Cc1[nH]cc(NC(=O)C(C)Oc2ccccc2)c1C(=O)O. The smallest absolute Gasteiger partial charge is 0.339 e. The van der Waals surface area contributed by atoms with E-state index in [9.17, 15) is 9.59 Å². The molecule has 2 rings (SSSR count). The van der Waals surface area contributed by atoms with Gasteiger partial charge in [0.2, 0.25) is 0 Å². The van der Waals surface area contributed by atoms with Gasteiger partial charge in [-0.15, -0.1) is 0 Å². The first kappa shape index (κ1) is 14.6. The second kappa shape index (κ2) is 6.13. The molecule has 1 unspecified atom stereocenters. The monoisotopic (exact) mass is 288 g/mol. The highest BCUT2D eigenvalue weighted by Gasteiger charge is 2.20. The van der Waals surface area contributed by atoms with E-state index in [1.165, 1.54) is 6.20 Å². The molecule has 3 N–H and O–H groups in total. The molecule has 0 bridgehead atoms. The Kier molecular flexibility index (Phi) is 4.27. The molecule has 6 heteroatoms. The third-order valence-electron chi connectivity index (χ3n) is 2.97. The lowest BCUT2D eigenvalue weighted by Gasteiger charge is -2.14. The lowest BCUT2D eigenvalue weighted by atomic mass is 10.2. The van der Waals surface area contributed by atoms with Gasteiger partial charge in [0.1, 0.15) is 11.3 Å².